The summed E-state index contributed by atoms with van der Waals surface area (Å²) in [6.45, 7) is 4.00. The number of nitrogens with zero attached hydrogens (tertiary/aromatic N) is 2. The Morgan fingerprint density at radius 1 is 0.966 bits per heavy atom. The molecule has 0 aliphatic rings. The molecule has 2 aromatic heterocycles. The van der Waals surface area contributed by atoms with Gasteiger partial charge in [-0.15, -0.1) is 0 Å². The van der Waals surface area contributed by atoms with Gasteiger partial charge in [0, 0.05) is 47.8 Å². The van der Waals surface area contributed by atoms with Crippen molar-refractivity contribution in [2.24, 2.45) is 0 Å². The monoisotopic (exact) mass is 382 g/mol. The Hall–Kier alpha value is -3.51. The third kappa shape index (κ3) is 5.27. The Morgan fingerprint density at radius 3 is 2.59 bits per heavy atom. The van der Waals surface area contributed by atoms with Crippen LogP contribution in [0.2, 0.25) is 0 Å². The number of aromatic nitrogens is 2. The van der Waals surface area contributed by atoms with Crippen LogP contribution in [0.15, 0.2) is 79.4 Å². The zero-order valence-corrected chi connectivity index (χ0v) is 17.2. The zero-order valence-electron chi connectivity index (χ0n) is 17.2. The van der Waals surface area contributed by atoms with Gasteiger partial charge in [0.05, 0.1) is 7.11 Å². The number of rotatable bonds is 4. The molecule has 146 valence electrons. The first-order valence-electron chi connectivity index (χ1n) is 9.96. The molecule has 2 aromatic carbocycles. The van der Waals surface area contributed by atoms with E-state index in [9.17, 15) is 0 Å². The van der Waals surface area contributed by atoms with Gasteiger partial charge in [-0.25, -0.2) is 0 Å². The zero-order chi connectivity index (χ0) is 20.5. The molecule has 0 fully saturated rings. The van der Waals surface area contributed by atoms with Crippen LogP contribution in [0, 0.1) is 11.8 Å². The first-order chi connectivity index (χ1) is 14.3. The van der Waals surface area contributed by atoms with E-state index < -0.39 is 0 Å². The van der Waals surface area contributed by atoms with Crippen LogP contribution in [0.4, 0.5) is 0 Å². The van der Waals surface area contributed by atoms with Crippen LogP contribution in [0.1, 0.15) is 31.4 Å². The lowest BCUT2D eigenvalue weighted by molar-refractivity contribution is 0.414. The van der Waals surface area contributed by atoms with Crippen molar-refractivity contribution in [1.82, 2.24) is 9.55 Å². The summed E-state index contributed by atoms with van der Waals surface area (Å²) in [7, 11) is 1.68. The first-order valence-corrected chi connectivity index (χ1v) is 9.96. The van der Waals surface area contributed by atoms with Crippen LogP contribution >= 0.6 is 0 Å². The highest BCUT2D eigenvalue weighted by atomic mass is 16.5. The second-order valence-electron chi connectivity index (χ2n) is 6.36. The molecule has 0 N–H and O–H groups in total. The molecule has 0 amide bonds. The van der Waals surface area contributed by atoms with Crippen molar-refractivity contribution in [2.45, 2.75) is 26.7 Å². The SMILES string of the molecule is CC.COc1ccc(CCC#Cc2ccn(-c3ccc4cnccc4c3)c2)cc1. The minimum absolute atomic E-state index is 0.834. The molecule has 4 aromatic rings. The molecule has 0 aliphatic heterocycles. The van der Waals surface area contributed by atoms with Crippen molar-refractivity contribution >= 4 is 10.8 Å². The highest BCUT2D eigenvalue weighted by Crippen LogP contribution is 2.18. The first kappa shape index (κ1) is 20.2. The Balaban J connectivity index is 0.00000117. The van der Waals surface area contributed by atoms with Crippen LogP contribution in [0.25, 0.3) is 16.5 Å². The number of benzene rings is 2. The second kappa shape index (κ2) is 10.1. The van der Waals surface area contributed by atoms with Crippen molar-refractivity contribution in [2.75, 3.05) is 7.11 Å². The number of methoxy groups -OCH3 is 1. The smallest absolute Gasteiger partial charge is 0.118 e. The second-order valence-corrected chi connectivity index (χ2v) is 6.36. The summed E-state index contributed by atoms with van der Waals surface area (Å²) in [5.41, 5.74) is 3.42. The van der Waals surface area contributed by atoms with E-state index in [-0.39, 0.29) is 0 Å². The minimum atomic E-state index is 0.834. The van der Waals surface area contributed by atoms with Gasteiger partial charge in [-0.05, 0) is 53.8 Å². The van der Waals surface area contributed by atoms with Crippen molar-refractivity contribution in [3.8, 4) is 23.3 Å². The molecule has 29 heavy (non-hydrogen) atoms. The minimum Gasteiger partial charge on any atom is -0.497 e. The highest BCUT2D eigenvalue weighted by molar-refractivity contribution is 5.83. The third-order valence-electron chi connectivity index (χ3n) is 4.55. The number of hydrogen-bond donors (Lipinski definition) is 0. The lowest BCUT2D eigenvalue weighted by Crippen LogP contribution is -1.89. The fourth-order valence-electron chi connectivity index (χ4n) is 3.03. The predicted molar refractivity (Wildman–Crippen MR) is 121 cm³/mol. The maximum absolute atomic E-state index is 5.18. The van der Waals surface area contributed by atoms with Crippen LogP contribution in [0.5, 0.6) is 5.75 Å². The van der Waals surface area contributed by atoms with Gasteiger partial charge in [-0.2, -0.15) is 0 Å². The van der Waals surface area contributed by atoms with E-state index in [0.717, 1.165) is 35.2 Å². The Kier molecular flexibility index (Phi) is 7.08. The van der Waals surface area contributed by atoms with E-state index in [0.29, 0.717) is 0 Å². The lowest BCUT2D eigenvalue weighted by atomic mass is 10.1. The molecule has 0 radical (unpaired) electrons. The summed E-state index contributed by atoms with van der Waals surface area (Å²) in [5.74, 6) is 7.41. The fourth-order valence-corrected chi connectivity index (χ4v) is 3.03. The van der Waals surface area contributed by atoms with Gasteiger partial charge in [-0.3, -0.25) is 4.98 Å². The molecule has 0 aliphatic carbocycles. The summed E-state index contributed by atoms with van der Waals surface area (Å²) in [4.78, 5) is 4.16. The largest absolute Gasteiger partial charge is 0.497 e. The van der Waals surface area contributed by atoms with E-state index in [4.69, 9.17) is 4.74 Å². The van der Waals surface area contributed by atoms with Crippen LogP contribution < -0.4 is 4.74 Å². The number of ether oxygens (including phenoxy) is 1. The Labute approximate surface area is 173 Å². The van der Waals surface area contributed by atoms with Gasteiger partial charge in [-0.1, -0.05) is 43.9 Å². The van der Waals surface area contributed by atoms with Crippen molar-refractivity contribution in [3.05, 3.63) is 90.5 Å². The molecule has 3 heteroatoms. The number of pyridine rings is 1. The summed E-state index contributed by atoms with van der Waals surface area (Å²) < 4.78 is 7.29. The molecular weight excluding hydrogens is 356 g/mol. The third-order valence-corrected chi connectivity index (χ3v) is 4.55. The Morgan fingerprint density at radius 2 is 1.79 bits per heavy atom. The quantitative estimate of drug-likeness (QED) is 0.402. The lowest BCUT2D eigenvalue weighted by Gasteiger charge is -2.04. The predicted octanol–water partition coefficient (Wildman–Crippen LogP) is 6.04. The molecule has 0 saturated carbocycles. The maximum Gasteiger partial charge on any atom is 0.118 e. The molecule has 2 heterocycles. The van der Waals surface area contributed by atoms with Gasteiger partial charge < -0.3 is 9.30 Å². The van der Waals surface area contributed by atoms with Crippen molar-refractivity contribution in [1.29, 1.82) is 0 Å². The normalized spacial score (nSPS) is 9.90. The van der Waals surface area contributed by atoms with E-state index in [1.807, 2.05) is 44.4 Å². The van der Waals surface area contributed by atoms with Crippen LogP contribution in [-0.2, 0) is 6.42 Å². The number of fused-ring (bicyclic) bond motifs is 1. The van der Waals surface area contributed by atoms with Gasteiger partial charge in [0.25, 0.3) is 0 Å². The standard InChI is InChI=1S/C24H20N2O.C2H6/c1-27-24-10-6-19(7-11-24)4-2-3-5-20-13-15-26(18-20)23-9-8-22-17-25-14-12-21(22)16-23;1-2/h6-18H,2,4H2,1H3;1-2H3. The summed E-state index contributed by atoms with van der Waals surface area (Å²) in [6.07, 6.45) is 9.60. The maximum atomic E-state index is 5.18. The van der Waals surface area contributed by atoms with Crippen LogP contribution in [-0.4, -0.2) is 16.7 Å². The molecule has 3 nitrogen and oxygen atoms in total. The number of hydrogen-bond acceptors (Lipinski definition) is 2. The van der Waals surface area contributed by atoms with E-state index in [1.165, 1.54) is 10.9 Å². The topological polar surface area (TPSA) is 27.1 Å². The van der Waals surface area contributed by atoms with Crippen molar-refractivity contribution in [3.63, 3.8) is 0 Å². The van der Waals surface area contributed by atoms with E-state index in [2.05, 4.69) is 70.2 Å². The molecular formula is C26H26N2O. The molecule has 4 rings (SSSR count). The van der Waals surface area contributed by atoms with Gasteiger partial charge in [0.2, 0.25) is 0 Å². The van der Waals surface area contributed by atoms with Gasteiger partial charge in [0.1, 0.15) is 5.75 Å². The fraction of sp³-hybridized carbons (Fsp3) is 0.192. The summed E-state index contributed by atoms with van der Waals surface area (Å²) >= 11 is 0. The average Bonchev–Trinajstić information content (AvgIpc) is 3.27. The Bertz CT molecular complexity index is 1110. The average molecular weight is 383 g/mol. The number of aryl methyl sites for hydroxylation is 1. The summed E-state index contributed by atoms with van der Waals surface area (Å²) in [5, 5.41) is 2.33. The van der Waals surface area contributed by atoms with E-state index in [1.54, 1.807) is 7.11 Å². The van der Waals surface area contributed by atoms with Gasteiger partial charge in [0.15, 0.2) is 0 Å². The highest BCUT2D eigenvalue weighted by Gasteiger charge is 2.00. The molecule has 0 saturated heterocycles. The van der Waals surface area contributed by atoms with Crippen molar-refractivity contribution < 1.29 is 4.74 Å². The molecule has 0 spiro atoms. The van der Waals surface area contributed by atoms with E-state index >= 15 is 0 Å². The van der Waals surface area contributed by atoms with Crippen LogP contribution in [0.3, 0.4) is 0 Å². The molecule has 0 unspecified atom stereocenters. The molecule has 0 bridgehead atoms. The van der Waals surface area contributed by atoms with Gasteiger partial charge >= 0.3 is 0 Å². The summed E-state index contributed by atoms with van der Waals surface area (Å²) in [6, 6.07) is 18.6. The molecule has 0 atom stereocenters.